The normalized spacial score (nSPS) is 3.23. The number of hydrogen-bond acceptors (Lipinski definition) is 0. The summed E-state index contributed by atoms with van der Waals surface area (Å²) >= 11 is 0. The second-order valence-corrected chi connectivity index (χ2v) is 0.707. The van der Waals surface area contributed by atoms with Crippen LogP contribution in [0.4, 0.5) is 0 Å². The predicted octanol–water partition coefficient (Wildman–Crippen LogP) is 19.9. The summed E-state index contributed by atoms with van der Waals surface area (Å²) in [7, 11) is 0. The second-order valence-electron chi connectivity index (χ2n) is 0.707. The molecule has 0 atom stereocenters. The summed E-state index contributed by atoms with van der Waals surface area (Å²) in [4.78, 5) is 0. The average molecular weight is 585 g/mol. The number of hydrogen-bond donors (Lipinski definition) is 0. The Labute approximate surface area is 269 Å². The van der Waals surface area contributed by atoms with Gasteiger partial charge in [0.2, 0.25) is 0 Å². The van der Waals surface area contributed by atoms with Crippen molar-refractivity contribution in [3.8, 4) is 0 Å². The molecule has 0 radical (unpaired) electrons. The second kappa shape index (κ2) is 52000. The van der Waals surface area contributed by atoms with Crippen molar-refractivity contribution in [2.24, 2.45) is 0 Å². The van der Waals surface area contributed by atoms with Crippen LogP contribution in [-0.2, 0) is 0 Å². The topological polar surface area (TPSA) is 0 Å². The third-order valence-electron chi connectivity index (χ3n) is 0. The molecule has 0 aromatic carbocycles. The Morgan fingerprint density at radius 2 is 0.128 bits per heavy atom. The molecule has 272 valence electrons. The van der Waals surface area contributed by atoms with Gasteiger partial charge in [0.05, 0.1) is 0 Å². The monoisotopic (exact) mass is 585 g/mol. The molecule has 0 saturated carbocycles. The Bertz CT molecular complexity index is 0. The molecule has 0 saturated heterocycles. The van der Waals surface area contributed by atoms with E-state index in [0.717, 1.165) is 0 Å². The summed E-state index contributed by atoms with van der Waals surface area (Å²) in [6, 6.07) is 0. The van der Waals surface area contributed by atoms with Crippen molar-refractivity contribution in [3.05, 3.63) is 0 Å². The van der Waals surface area contributed by atoms with E-state index >= 15 is 0 Å². The smallest absolute Gasteiger partial charge is 0.0590 e. The molecule has 0 nitrogen and oxygen atoms in total. The van der Waals surface area contributed by atoms with Gasteiger partial charge in [0.15, 0.2) is 0 Å². The third-order valence-corrected chi connectivity index (χ3v) is 0. The van der Waals surface area contributed by atoms with Crippen molar-refractivity contribution in [2.45, 2.75) is 270 Å². The van der Waals surface area contributed by atoms with Gasteiger partial charge in [-0.1, -0.05) is 270 Å². The Kier molecular flexibility index (Phi) is 188000. The fourth-order valence-corrected chi connectivity index (χ4v) is 0. The van der Waals surface area contributed by atoms with E-state index < -0.39 is 0 Å². The van der Waals surface area contributed by atoms with Gasteiger partial charge in [0.1, 0.15) is 0 Å². The fourth-order valence-electron chi connectivity index (χ4n) is 0. The molecule has 0 N–H and O–H groups in total. The van der Waals surface area contributed by atoms with Gasteiger partial charge >= 0.3 is 0 Å². The predicted molar refractivity (Wildman–Crippen MR) is 220 cm³/mol. The van der Waals surface area contributed by atoms with E-state index in [4.69, 9.17) is 0 Å². The first-order valence-electron chi connectivity index (χ1n) is 19.4. The summed E-state index contributed by atoms with van der Waals surface area (Å²) in [6.45, 7) is 76.2. The van der Waals surface area contributed by atoms with E-state index in [-0.39, 0.29) is 0 Å². The molecule has 0 aliphatic heterocycles. The molecule has 0 heterocycles. The SMILES string of the molecule is CC.CC.CC.CC.CC.CC.CC.CC.CC.CC.CC.CC.CC.CC.CC.CC.CC.CC.CCC. The molecule has 0 amide bonds. The molecule has 0 aliphatic rings. The van der Waals surface area contributed by atoms with E-state index in [2.05, 4.69) is 13.8 Å². The lowest BCUT2D eigenvalue weighted by Crippen LogP contribution is -1.27. The minimum absolute atomic E-state index is 1.25. The molecule has 0 aromatic rings. The standard InChI is InChI=1S/C3H8.18C2H6/c1-3-2;18*1-2/h3H2,1-2H3;18*1-2H3. The molecule has 0 aromatic heterocycles. The van der Waals surface area contributed by atoms with Crippen LogP contribution in [0.25, 0.3) is 0 Å². The van der Waals surface area contributed by atoms with E-state index in [1.165, 1.54) is 6.42 Å². The lowest BCUT2D eigenvalue weighted by Gasteiger charge is -1.48. The van der Waals surface area contributed by atoms with E-state index in [0.29, 0.717) is 0 Å². The van der Waals surface area contributed by atoms with E-state index in [9.17, 15) is 0 Å². The Morgan fingerprint density at radius 1 is 0.128 bits per heavy atom. The van der Waals surface area contributed by atoms with Crippen LogP contribution in [-0.4, -0.2) is 0 Å². The van der Waals surface area contributed by atoms with Crippen LogP contribution >= 0.6 is 0 Å². The first-order chi connectivity index (χ1) is 19.4. The summed E-state index contributed by atoms with van der Waals surface area (Å²) in [5, 5.41) is 0. The quantitative estimate of drug-likeness (QED) is 0.265. The molecule has 0 fully saturated rings. The molecule has 39 heavy (non-hydrogen) atoms. The zero-order valence-corrected chi connectivity index (χ0v) is 38.7. The molecule has 0 spiro atoms. The maximum atomic E-state index is 2.12. The van der Waals surface area contributed by atoms with Crippen LogP contribution in [0.1, 0.15) is 270 Å². The van der Waals surface area contributed by atoms with Crippen molar-refractivity contribution in [2.75, 3.05) is 0 Å². The summed E-state index contributed by atoms with van der Waals surface area (Å²) < 4.78 is 0. The number of rotatable bonds is 0. The largest absolute Gasteiger partial charge is 0.0683 e. The maximum absolute atomic E-state index is 2.12. The van der Waals surface area contributed by atoms with Gasteiger partial charge in [-0.25, -0.2) is 0 Å². The zero-order valence-electron chi connectivity index (χ0n) is 38.7. The summed E-state index contributed by atoms with van der Waals surface area (Å²) in [5.74, 6) is 0. The molecule has 0 heteroatoms. The maximum Gasteiger partial charge on any atom is -0.0590 e. The lowest BCUT2D eigenvalue weighted by molar-refractivity contribution is 1.09. The molecular weight excluding hydrogens is 468 g/mol. The first-order valence-corrected chi connectivity index (χ1v) is 19.4. The Hall–Kier alpha value is 0. The highest BCUT2D eigenvalue weighted by atomic mass is 13.4. The van der Waals surface area contributed by atoms with Gasteiger partial charge in [-0.15, -0.1) is 0 Å². The van der Waals surface area contributed by atoms with Crippen LogP contribution in [0.2, 0.25) is 0 Å². The molecule has 0 aliphatic carbocycles. The van der Waals surface area contributed by atoms with Gasteiger partial charge in [0.25, 0.3) is 0 Å². The van der Waals surface area contributed by atoms with Gasteiger partial charge in [-0.2, -0.15) is 0 Å². The van der Waals surface area contributed by atoms with Gasteiger partial charge in [-0.3, -0.25) is 0 Å². The van der Waals surface area contributed by atoms with Crippen LogP contribution in [0, 0.1) is 0 Å². The van der Waals surface area contributed by atoms with Crippen LogP contribution in [0.3, 0.4) is 0 Å². The van der Waals surface area contributed by atoms with Crippen molar-refractivity contribution in [1.82, 2.24) is 0 Å². The lowest BCUT2D eigenvalue weighted by atomic mass is 10.6. The fraction of sp³-hybridized carbons (Fsp3) is 1.00. The third kappa shape index (κ3) is 0. The van der Waals surface area contributed by atoms with Crippen molar-refractivity contribution >= 4 is 0 Å². The van der Waals surface area contributed by atoms with Gasteiger partial charge in [-0.05, 0) is 0 Å². The van der Waals surface area contributed by atoms with E-state index in [1.807, 2.05) is 249 Å². The molecule has 0 bridgehead atoms. The average Bonchev–Trinajstić information content (AvgIpc) is 3.17. The molecule has 0 unspecified atom stereocenters. The van der Waals surface area contributed by atoms with E-state index in [1.54, 1.807) is 0 Å². The Balaban J connectivity index is -0.00000000638. The highest BCUT2D eigenvalue weighted by molar-refractivity contribution is 3.92. The molecule has 0 rings (SSSR count). The minimum Gasteiger partial charge on any atom is -0.0683 e. The van der Waals surface area contributed by atoms with Gasteiger partial charge in [0, 0.05) is 0 Å². The summed E-state index contributed by atoms with van der Waals surface area (Å²) in [6.07, 6.45) is 1.25. The van der Waals surface area contributed by atoms with Crippen molar-refractivity contribution < 1.29 is 0 Å². The van der Waals surface area contributed by atoms with Gasteiger partial charge < -0.3 is 0 Å². The summed E-state index contributed by atoms with van der Waals surface area (Å²) in [5.41, 5.74) is 0. The van der Waals surface area contributed by atoms with Crippen LogP contribution < -0.4 is 0 Å². The Morgan fingerprint density at radius 3 is 0.128 bits per heavy atom. The molecular formula is C39H116. The highest BCUT2D eigenvalue weighted by Gasteiger charge is 1.35. The first kappa shape index (κ1) is 141. The van der Waals surface area contributed by atoms with Crippen LogP contribution in [0.5, 0.6) is 0 Å². The highest BCUT2D eigenvalue weighted by Crippen LogP contribution is 1.56. The van der Waals surface area contributed by atoms with Crippen molar-refractivity contribution in [3.63, 3.8) is 0 Å². The zero-order chi connectivity index (χ0) is 38.7. The van der Waals surface area contributed by atoms with Crippen molar-refractivity contribution in [1.29, 1.82) is 0 Å². The van der Waals surface area contributed by atoms with Crippen LogP contribution in [0.15, 0.2) is 0 Å². The minimum atomic E-state index is 1.25.